The van der Waals surface area contributed by atoms with E-state index in [-0.39, 0.29) is 6.61 Å². The van der Waals surface area contributed by atoms with Gasteiger partial charge in [0, 0.05) is 12.2 Å². The van der Waals surface area contributed by atoms with Gasteiger partial charge in [-0.25, -0.2) is 9.59 Å². The molecular formula is C8H10O5. The Bertz CT molecular complexity index is 241. The average molecular weight is 186 g/mol. The number of hydrogen-bond donors (Lipinski definition) is 0. The minimum absolute atomic E-state index is 0.218. The first-order valence-corrected chi connectivity index (χ1v) is 3.59. The minimum atomic E-state index is -1.01. The van der Waals surface area contributed by atoms with Gasteiger partial charge in [0.2, 0.25) is 0 Å². The fraction of sp³-hybridized carbons (Fsp3) is 0.375. The molecule has 0 N–H and O–H groups in total. The molecular weight excluding hydrogens is 176 g/mol. The van der Waals surface area contributed by atoms with Gasteiger partial charge < -0.3 is 9.47 Å². The molecule has 0 aromatic carbocycles. The first-order chi connectivity index (χ1) is 6.11. The SMILES string of the molecule is CCOC(=O)/C=C/C(=O)C(=O)OC. The van der Waals surface area contributed by atoms with Crippen molar-refractivity contribution in [3.8, 4) is 0 Å². The second kappa shape index (κ2) is 5.93. The lowest BCUT2D eigenvalue weighted by molar-refractivity contribution is -0.149. The van der Waals surface area contributed by atoms with Crippen molar-refractivity contribution in [3.63, 3.8) is 0 Å². The van der Waals surface area contributed by atoms with Crippen LogP contribution in [0.25, 0.3) is 0 Å². The highest BCUT2D eigenvalue weighted by Crippen LogP contribution is 1.85. The van der Waals surface area contributed by atoms with Gasteiger partial charge in [-0.05, 0) is 6.92 Å². The normalized spacial score (nSPS) is 9.69. The van der Waals surface area contributed by atoms with Crippen LogP contribution in [0, 0.1) is 0 Å². The first-order valence-electron chi connectivity index (χ1n) is 3.59. The van der Waals surface area contributed by atoms with E-state index >= 15 is 0 Å². The van der Waals surface area contributed by atoms with E-state index in [2.05, 4.69) is 9.47 Å². The lowest BCUT2D eigenvalue weighted by Crippen LogP contribution is -2.13. The molecule has 0 atom stereocenters. The molecule has 0 aliphatic carbocycles. The van der Waals surface area contributed by atoms with Crippen LogP contribution in [-0.2, 0) is 23.9 Å². The largest absolute Gasteiger partial charge is 0.463 e. The molecule has 0 heterocycles. The highest BCUT2D eigenvalue weighted by Gasteiger charge is 2.09. The minimum Gasteiger partial charge on any atom is -0.463 e. The maximum atomic E-state index is 10.7. The lowest BCUT2D eigenvalue weighted by Gasteiger charge is -1.94. The van der Waals surface area contributed by atoms with E-state index in [1.807, 2.05) is 0 Å². The van der Waals surface area contributed by atoms with Gasteiger partial charge >= 0.3 is 11.9 Å². The molecule has 0 fully saturated rings. The second-order valence-electron chi connectivity index (χ2n) is 1.94. The van der Waals surface area contributed by atoms with E-state index in [9.17, 15) is 14.4 Å². The Morgan fingerprint density at radius 3 is 2.31 bits per heavy atom. The molecule has 0 aromatic heterocycles. The quantitative estimate of drug-likeness (QED) is 0.347. The maximum Gasteiger partial charge on any atom is 0.378 e. The van der Waals surface area contributed by atoms with Crippen molar-refractivity contribution in [2.75, 3.05) is 13.7 Å². The topological polar surface area (TPSA) is 69.7 Å². The van der Waals surface area contributed by atoms with Gasteiger partial charge in [-0.2, -0.15) is 0 Å². The molecule has 0 amide bonds. The van der Waals surface area contributed by atoms with Crippen molar-refractivity contribution >= 4 is 17.7 Å². The van der Waals surface area contributed by atoms with Crippen LogP contribution in [-0.4, -0.2) is 31.4 Å². The standard InChI is InChI=1S/C8H10O5/c1-3-13-7(10)5-4-6(9)8(11)12-2/h4-5H,3H2,1-2H3/b5-4+. The Balaban J connectivity index is 4.04. The summed E-state index contributed by atoms with van der Waals surface area (Å²) in [6, 6.07) is 0. The van der Waals surface area contributed by atoms with Gasteiger partial charge in [0.15, 0.2) is 0 Å². The molecule has 0 saturated heterocycles. The first kappa shape index (κ1) is 11.4. The van der Waals surface area contributed by atoms with Crippen molar-refractivity contribution < 1.29 is 23.9 Å². The zero-order valence-electron chi connectivity index (χ0n) is 7.40. The van der Waals surface area contributed by atoms with Gasteiger partial charge in [-0.3, -0.25) is 4.79 Å². The van der Waals surface area contributed by atoms with Crippen molar-refractivity contribution in [2.45, 2.75) is 6.92 Å². The fourth-order valence-corrected chi connectivity index (χ4v) is 0.503. The van der Waals surface area contributed by atoms with E-state index in [1.54, 1.807) is 6.92 Å². The van der Waals surface area contributed by atoms with Crippen LogP contribution in [0.2, 0.25) is 0 Å². The Hall–Kier alpha value is -1.65. The van der Waals surface area contributed by atoms with E-state index in [4.69, 9.17) is 0 Å². The van der Waals surface area contributed by atoms with Crippen LogP contribution in [0.5, 0.6) is 0 Å². The molecule has 0 rings (SSSR count). The Labute approximate surface area is 75.3 Å². The van der Waals surface area contributed by atoms with Gasteiger partial charge in [-0.15, -0.1) is 0 Å². The summed E-state index contributed by atoms with van der Waals surface area (Å²) in [5.74, 6) is -2.57. The third-order valence-electron chi connectivity index (χ3n) is 1.04. The molecule has 0 unspecified atom stereocenters. The molecule has 0 aliphatic heterocycles. The van der Waals surface area contributed by atoms with E-state index in [0.717, 1.165) is 19.3 Å². The summed E-state index contributed by atoms with van der Waals surface area (Å²) in [6.45, 7) is 1.85. The molecule has 0 spiro atoms. The third-order valence-corrected chi connectivity index (χ3v) is 1.04. The summed E-state index contributed by atoms with van der Waals surface area (Å²) in [5.41, 5.74) is 0. The van der Waals surface area contributed by atoms with Crippen molar-refractivity contribution in [2.24, 2.45) is 0 Å². The summed E-state index contributed by atoms with van der Waals surface area (Å²) in [7, 11) is 1.08. The molecule has 0 aliphatic rings. The number of ketones is 1. The predicted octanol–water partition coefficient (Wildman–Crippen LogP) is -0.152. The number of hydrogen-bond acceptors (Lipinski definition) is 5. The summed E-state index contributed by atoms with van der Waals surface area (Å²) in [5, 5.41) is 0. The smallest absolute Gasteiger partial charge is 0.378 e. The molecule has 0 aromatic rings. The molecule has 5 nitrogen and oxygen atoms in total. The summed E-state index contributed by atoms with van der Waals surface area (Å²) < 4.78 is 8.59. The zero-order chi connectivity index (χ0) is 10.3. The van der Waals surface area contributed by atoms with E-state index in [0.29, 0.717) is 0 Å². The second-order valence-corrected chi connectivity index (χ2v) is 1.94. The number of rotatable bonds is 4. The van der Waals surface area contributed by atoms with Crippen LogP contribution in [0.1, 0.15) is 6.92 Å². The zero-order valence-corrected chi connectivity index (χ0v) is 7.40. The lowest BCUT2D eigenvalue weighted by atomic mass is 10.3. The number of methoxy groups -OCH3 is 1. The Morgan fingerprint density at radius 2 is 1.85 bits per heavy atom. The van der Waals surface area contributed by atoms with Crippen molar-refractivity contribution in [1.29, 1.82) is 0 Å². The number of ether oxygens (including phenoxy) is 2. The van der Waals surface area contributed by atoms with Gasteiger partial charge in [0.05, 0.1) is 13.7 Å². The highest BCUT2D eigenvalue weighted by molar-refractivity contribution is 6.38. The Morgan fingerprint density at radius 1 is 1.23 bits per heavy atom. The fourth-order valence-electron chi connectivity index (χ4n) is 0.503. The van der Waals surface area contributed by atoms with Crippen LogP contribution in [0.3, 0.4) is 0 Å². The van der Waals surface area contributed by atoms with Crippen LogP contribution < -0.4 is 0 Å². The maximum absolute atomic E-state index is 10.7. The molecule has 72 valence electrons. The number of esters is 2. The average Bonchev–Trinajstić information content (AvgIpc) is 2.13. The van der Waals surface area contributed by atoms with Crippen LogP contribution >= 0.6 is 0 Å². The van der Waals surface area contributed by atoms with Gasteiger partial charge in [-0.1, -0.05) is 0 Å². The third kappa shape index (κ3) is 4.73. The van der Waals surface area contributed by atoms with E-state index < -0.39 is 17.7 Å². The van der Waals surface area contributed by atoms with E-state index in [1.165, 1.54) is 0 Å². The van der Waals surface area contributed by atoms with Gasteiger partial charge in [0.25, 0.3) is 5.78 Å². The molecule has 13 heavy (non-hydrogen) atoms. The molecule has 0 bridgehead atoms. The van der Waals surface area contributed by atoms with Crippen molar-refractivity contribution in [3.05, 3.63) is 12.2 Å². The highest BCUT2D eigenvalue weighted by atomic mass is 16.5. The molecule has 0 radical (unpaired) electrons. The number of carbonyl (C=O) groups excluding carboxylic acids is 3. The Kier molecular flexibility index (Phi) is 5.18. The molecule has 5 heteroatoms. The summed E-state index contributed by atoms with van der Waals surface area (Å²) in [4.78, 5) is 31.9. The van der Waals surface area contributed by atoms with Crippen LogP contribution in [0.4, 0.5) is 0 Å². The number of carbonyl (C=O) groups is 3. The van der Waals surface area contributed by atoms with Crippen molar-refractivity contribution in [1.82, 2.24) is 0 Å². The predicted molar refractivity (Wildman–Crippen MR) is 42.8 cm³/mol. The molecule has 0 saturated carbocycles. The summed E-state index contributed by atoms with van der Waals surface area (Å²) >= 11 is 0. The van der Waals surface area contributed by atoms with Crippen LogP contribution in [0.15, 0.2) is 12.2 Å². The summed E-state index contributed by atoms with van der Waals surface area (Å²) in [6.07, 6.45) is 1.69. The van der Waals surface area contributed by atoms with Gasteiger partial charge in [0.1, 0.15) is 0 Å². The monoisotopic (exact) mass is 186 g/mol.